The number of rotatable bonds is 17. The van der Waals surface area contributed by atoms with E-state index in [-0.39, 0.29) is 0 Å². The molecule has 0 saturated carbocycles. The first-order valence-electron chi connectivity index (χ1n) is 16.9. The average molecular weight is 572 g/mol. The van der Waals surface area contributed by atoms with Crippen LogP contribution in [0, 0.1) is 0 Å². The maximum Gasteiger partial charge on any atom is 0.0675 e. The molecule has 3 aromatic carbocycles. The smallest absolute Gasteiger partial charge is 0.0675 e. The zero-order valence-corrected chi connectivity index (χ0v) is 28.9. The molecule has 0 heterocycles. The lowest BCUT2D eigenvalue weighted by Gasteiger charge is -2.58. The Morgan fingerprint density at radius 3 is 1.27 bits per heavy atom. The highest BCUT2D eigenvalue weighted by Gasteiger charge is 2.48. The van der Waals surface area contributed by atoms with Crippen LogP contribution in [0.4, 0.5) is 0 Å². The summed E-state index contributed by atoms with van der Waals surface area (Å²) >= 11 is 0. The Balaban J connectivity index is 0.00000108. The second-order valence-corrected chi connectivity index (χ2v) is 18.7. The summed E-state index contributed by atoms with van der Waals surface area (Å²) in [5.74, 6) is 0. The van der Waals surface area contributed by atoms with Crippen LogP contribution < -0.4 is 16.1 Å². The van der Waals surface area contributed by atoms with E-state index < -0.39 is 13.7 Å². The third kappa shape index (κ3) is 10.6. The van der Waals surface area contributed by atoms with Crippen LogP contribution in [0.5, 0.6) is 0 Å². The molecule has 0 radical (unpaired) electrons. The Bertz CT molecular complexity index is 992. The number of quaternary nitrogens is 1. The number of hydrogen-bond acceptors (Lipinski definition) is 0. The van der Waals surface area contributed by atoms with E-state index in [1.54, 1.807) is 16.1 Å². The van der Waals surface area contributed by atoms with E-state index in [1.807, 2.05) is 0 Å². The maximum atomic E-state index is 2.52. The van der Waals surface area contributed by atoms with Crippen molar-refractivity contribution in [3.05, 3.63) is 91.0 Å². The van der Waals surface area contributed by atoms with Crippen molar-refractivity contribution >= 4 is 29.8 Å². The van der Waals surface area contributed by atoms with Gasteiger partial charge < -0.3 is 4.48 Å². The highest BCUT2D eigenvalue weighted by Crippen LogP contribution is 2.35. The van der Waals surface area contributed by atoms with Gasteiger partial charge in [0.15, 0.2) is 0 Å². The number of unbranched alkanes of at least 4 members (excludes halogenated alkanes) is 7. The molecule has 3 heteroatoms. The molecule has 0 aliphatic rings. The summed E-state index contributed by atoms with van der Waals surface area (Å²) in [4.78, 5) is 0. The topological polar surface area (TPSA) is 0 Å². The molecule has 0 bridgehead atoms. The van der Waals surface area contributed by atoms with Gasteiger partial charge in [-0.2, -0.15) is 6.32 Å². The third-order valence-electron chi connectivity index (χ3n) is 8.97. The summed E-state index contributed by atoms with van der Waals surface area (Å²) in [5.41, 5.74) is 2.37. The van der Waals surface area contributed by atoms with Gasteiger partial charge in [0.05, 0.1) is 33.9 Å². The van der Waals surface area contributed by atoms with Gasteiger partial charge in [0.2, 0.25) is 0 Å². The number of hydrogen-bond donors (Lipinski definition) is 0. The maximum absolute atomic E-state index is 2.52. The normalized spacial score (nSPS) is 12.1. The molecule has 0 unspecified atom stereocenters. The first-order valence-corrected chi connectivity index (χ1v) is 19.4. The van der Waals surface area contributed by atoms with Gasteiger partial charge in [-0.3, -0.25) is 0 Å². The Kier molecular flexibility index (Phi) is 15.8. The van der Waals surface area contributed by atoms with E-state index in [4.69, 9.17) is 0 Å². The van der Waals surface area contributed by atoms with Crippen molar-refractivity contribution in [2.24, 2.45) is 0 Å². The summed E-state index contributed by atoms with van der Waals surface area (Å²) in [6.45, 7) is 7.09. The van der Waals surface area contributed by atoms with Crippen molar-refractivity contribution in [1.29, 1.82) is 0 Å². The SMILES string of the molecule is CCCCCCCC[B-](c1ccccc1)(c1ccccc1)[Si](CCCC)(CCCC)c1ccccc1.C[N+](C)(C)C. The van der Waals surface area contributed by atoms with E-state index >= 15 is 0 Å². The molecule has 0 aromatic heterocycles. The van der Waals surface area contributed by atoms with E-state index in [9.17, 15) is 0 Å². The van der Waals surface area contributed by atoms with E-state index in [2.05, 4.69) is 140 Å². The molecular weight excluding hydrogens is 509 g/mol. The largest absolute Gasteiger partial charge is 0.333 e. The first-order chi connectivity index (χ1) is 19.7. The summed E-state index contributed by atoms with van der Waals surface area (Å²) < 4.78 is 1.00. The molecule has 0 N–H and O–H groups in total. The third-order valence-corrected chi connectivity index (χ3v) is 15.8. The van der Waals surface area contributed by atoms with Crippen molar-refractivity contribution < 1.29 is 4.48 Å². The van der Waals surface area contributed by atoms with Crippen molar-refractivity contribution in [3.8, 4) is 0 Å². The summed E-state index contributed by atoms with van der Waals surface area (Å²) in [7, 11) is 6.51. The average Bonchev–Trinajstić information content (AvgIpc) is 2.98. The van der Waals surface area contributed by atoms with Crippen LogP contribution in [0.25, 0.3) is 0 Å². The lowest BCUT2D eigenvalue weighted by Crippen LogP contribution is -2.80. The van der Waals surface area contributed by atoms with Crippen LogP contribution in [0.3, 0.4) is 0 Å². The fourth-order valence-corrected chi connectivity index (χ4v) is 14.8. The minimum absolute atomic E-state index is 0.883. The summed E-state index contributed by atoms with van der Waals surface area (Å²) in [6.07, 6.45) is 14.7. The molecule has 1 nitrogen and oxygen atoms in total. The fourth-order valence-electron chi connectivity index (χ4n) is 7.18. The molecule has 0 fully saturated rings. The molecule has 0 amide bonds. The van der Waals surface area contributed by atoms with Gasteiger partial charge >= 0.3 is 0 Å². The van der Waals surface area contributed by atoms with Crippen LogP contribution in [0.1, 0.15) is 85.0 Å². The minimum atomic E-state index is -1.99. The Morgan fingerprint density at radius 1 is 0.488 bits per heavy atom. The second kappa shape index (κ2) is 18.4. The van der Waals surface area contributed by atoms with Crippen LogP contribution in [-0.2, 0) is 0 Å². The molecule has 0 aliphatic carbocycles. The summed E-state index contributed by atoms with van der Waals surface area (Å²) in [5, 5.41) is 1.70. The molecule has 3 rings (SSSR count). The van der Waals surface area contributed by atoms with Gasteiger partial charge in [0.25, 0.3) is 0 Å². The van der Waals surface area contributed by atoms with Crippen molar-refractivity contribution in [2.75, 3.05) is 28.2 Å². The van der Waals surface area contributed by atoms with Crippen molar-refractivity contribution in [2.45, 2.75) is 103 Å². The quantitative estimate of drug-likeness (QED) is 0.0862. The van der Waals surface area contributed by atoms with Gasteiger partial charge in [0, 0.05) is 0 Å². The van der Waals surface area contributed by atoms with Crippen LogP contribution in [0.2, 0.25) is 18.4 Å². The molecule has 0 saturated heterocycles. The van der Waals surface area contributed by atoms with E-state index in [1.165, 1.54) is 82.6 Å². The van der Waals surface area contributed by atoms with Gasteiger partial charge in [-0.15, -0.1) is 0 Å². The highest BCUT2D eigenvalue weighted by atomic mass is 28.3. The molecule has 0 atom stereocenters. The van der Waals surface area contributed by atoms with E-state index in [0.717, 1.165) is 4.48 Å². The monoisotopic (exact) mass is 571 g/mol. The van der Waals surface area contributed by atoms with Crippen LogP contribution in [0.15, 0.2) is 91.0 Å². The zero-order chi connectivity index (χ0) is 30.0. The predicted molar refractivity (Wildman–Crippen MR) is 191 cm³/mol. The number of nitrogens with zero attached hydrogens (tertiary/aromatic N) is 1. The zero-order valence-electron chi connectivity index (χ0n) is 27.9. The lowest BCUT2D eigenvalue weighted by atomic mass is 9.35. The highest BCUT2D eigenvalue weighted by molar-refractivity contribution is 7.55. The Morgan fingerprint density at radius 2 is 0.854 bits per heavy atom. The first kappa shape index (κ1) is 35.1. The van der Waals surface area contributed by atoms with Crippen LogP contribution in [-0.4, -0.2) is 46.4 Å². The molecule has 0 spiro atoms. The number of benzene rings is 3. The summed E-state index contributed by atoms with van der Waals surface area (Å²) in [6, 6.07) is 38.3. The van der Waals surface area contributed by atoms with Gasteiger partial charge in [-0.1, -0.05) is 193 Å². The second-order valence-electron chi connectivity index (χ2n) is 13.8. The molecule has 226 valence electrons. The molecule has 0 aliphatic heterocycles. The van der Waals surface area contributed by atoms with Crippen LogP contribution >= 0.6 is 0 Å². The van der Waals surface area contributed by atoms with E-state index in [0.29, 0.717) is 0 Å². The van der Waals surface area contributed by atoms with Gasteiger partial charge in [-0.05, 0) is 7.94 Å². The Hall–Kier alpha value is -2.10. The molecule has 41 heavy (non-hydrogen) atoms. The van der Waals surface area contributed by atoms with Gasteiger partial charge in [-0.25, -0.2) is 10.9 Å². The van der Waals surface area contributed by atoms with Gasteiger partial charge in [0.1, 0.15) is 0 Å². The fraction of sp³-hybridized carbons (Fsp3) is 0.526. The van der Waals surface area contributed by atoms with Crippen molar-refractivity contribution in [1.82, 2.24) is 0 Å². The predicted octanol–water partition coefficient (Wildman–Crippen LogP) is 8.97. The minimum Gasteiger partial charge on any atom is -0.333 e. The Labute approximate surface area is 256 Å². The van der Waals surface area contributed by atoms with Crippen molar-refractivity contribution in [3.63, 3.8) is 0 Å². The molecule has 3 aromatic rings. The standard InChI is InChI=1S/C34H50BSi.C4H12N/c1-4-7-10-11-12-22-29-35(32-23-16-13-17-24-32,33-25-18-14-19-26-33)36(30-8-5-2,31-9-6-3)34-27-20-15-21-28-34;1-5(2,3)4/h13-21,23-28H,4-12,22,29-31H2,1-3H3;1-4H3/q-1;+1. The lowest BCUT2D eigenvalue weighted by molar-refractivity contribution is -0.849. The molecular formula is C38H62BNSi.